The average molecular weight is 400 g/mol. The monoisotopic (exact) mass is 399 g/mol. The van der Waals surface area contributed by atoms with Crippen LogP contribution in [-0.2, 0) is 16.1 Å². The van der Waals surface area contributed by atoms with Crippen LogP contribution in [0.5, 0.6) is 0 Å². The lowest BCUT2D eigenvalue weighted by Gasteiger charge is -2.29. The molecule has 0 aliphatic carbocycles. The van der Waals surface area contributed by atoms with E-state index in [4.69, 9.17) is 0 Å². The minimum Gasteiger partial charge on any atom is -0.330 e. The fraction of sp³-hybridized carbons (Fsp3) is 0.591. The molecule has 1 atom stereocenters. The minimum atomic E-state index is -0.471. The fourth-order valence-corrected chi connectivity index (χ4v) is 4.13. The lowest BCUT2D eigenvalue weighted by Crippen LogP contribution is -2.48. The third-order valence-electron chi connectivity index (χ3n) is 5.77. The second-order valence-electron chi connectivity index (χ2n) is 7.97. The van der Waals surface area contributed by atoms with Crippen molar-refractivity contribution in [2.24, 2.45) is 5.92 Å². The number of para-hydroxylation sites is 2. The summed E-state index contributed by atoms with van der Waals surface area (Å²) in [4.78, 5) is 34.2. The zero-order chi connectivity index (χ0) is 21.0. The second kappa shape index (κ2) is 9.39. The van der Waals surface area contributed by atoms with E-state index >= 15 is 0 Å². The number of likely N-dealkylation sites (tertiary alicyclic amines) is 1. The minimum absolute atomic E-state index is 0.0329. The van der Waals surface area contributed by atoms with Gasteiger partial charge in [0.2, 0.25) is 17.8 Å². The smallest absolute Gasteiger partial charge is 0.249 e. The summed E-state index contributed by atoms with van der Waals surface area (Å²) < 4.78 is 2.08. The lowest BCUT2D eigenvalue weighted by atomic mass is 10.0. The largest absolute Gasteiger partial charge is 0.330 e. The van der Waals surface area contributed by atoms with E-state index in [-0.39, 0.29) is 17.7 Å². The Balaban J connectivity index is 1.87. The first-order chi connectivity index (χ1) is 14.0. The maximum Gasteiger partial charge on any atom is 0.249 e. The Labute approximate surface area is 173 Å². The van der Waals surface area contributed by atoms with Crippen LogP contribution in [0.15, 0.2) is 24.3 Å². The highest BCUT2D eigenvalue weighted by Crippen LogP contribution is 2.23. The molecule has 1 fully saturated rings. The molecule has 7 nitrogen and oxygen atoms in total. The Morgan fingerprint density at radius 2 is 1.97 bits per heavy atom. The Morgan fingerprint density at radius 3 is 2.59 bits per heavy atom. The molecule has 1 aliphatic rings. The van der Waals surface area contributed by atoms with Gasteiger partial charge >= 0.3 is 0 Å². The summed E-state index contributed by atoms with van der Waals surface area (Å²) in [6.45, 7) is 12.5. The molecule has 0 radical (unpaired) electrons. The molecule has 1 saturated heterocycles. The molecule has 29 heavy (non-hydrogen) atoms. The van der Waals surface area contributed by atoms with Crippen LogP contribution in [-0.4, -0.2) is 63.4 Å². The zero-order valence-electron chi connectivity index (χ0n) is 18.0. The van der Waals surface area contributed by atoms with Gasteiger partial charge in [0.15, 0.2) is 0 Å². The van der Waals surface area contributed by atoms with Crippen LogP contribution in [0.4, 0.5) is 5.95 Å². The number of rotatable bonds is 9. The molecule has 158 valence electrons. The summed E-state index contributed by atoms with van der Waals surface area (Å²) in [5.74, 6) is 0.495. The molecule has 2 heterocycles. The Hall–Kier alpha value is -2.41. The van der Waals surface area contributed by atoms with E-state index in [2.05, 4.69) is 33.6 Å². The summed E-state index contributed by atoms with van der Waals surface area (Å²) >= 11 is 0. The molecule has 2 aromatic rings. The third-order valence-corrected chi connectivity index (χ3v) is 5.77. The molecule has 7 heteroatoms. The zero-order valence-corrected chi connectivity index (χ0v) is 18.0. The highest BCUT2D eigenvalue weighted by Gasteiger charge is 2.35. The van der Waals surface area contributed by atoms with Crippen molar-refractivity contribution >= 4 is 28.8 Å². The van der Waals surface area contributed by atoms with Crippen molar-refractivity contribution in [3.63, 3.8) is 0 Å². The average Bonchev–Trinajstić information content (AvgIpc) is 3.26. The Kier molecular flexibility index (Phi) is 6.90. The van der Waals surface area contributed by atoms with E-state index in [1.807, 2.05) is 38.1 Å². The fourth-order valence-electron chi connectivity index (χ4n) is 4.13. The Morgan fingerprint density at radius 1 is 1.24 bits per heavy atom. The van der Waals surface area contributed by atoms with E-state index in [1.165, 1.54) is 0 Å². The molecule has 3 rings (SSSR count). The number of imidazole rings is 1. The van der Waals surface area contributed by atoms with Crippen LogP contribution in [0.1, 0.15) is 40.5 Å². The Bertz CT molecular complexity index is 856. The number of benzene rings is 1. The number of hydrogen-bond acceptors (Lipinski definition) is 4. The van der Waals surface area contributed by atoms with Gasteiger partial charge in [0, 0.05) is 26.1 Å². The van der Waals surface area contributed by atoms with Crippen molar-refractivity contribution in [1.82, 2.24) is 19.4 Å². The van der Waals surface area contributed by atoms with Crippen molar-refractivity contribution in [2.75, 3.05) is 31.5 Å². The van der Waals surface area contributed by atoms with Gasteiger partial charge in [-0.2, -0.15) is 0 Å². The standard InChI is InChI=1S/C22H33N5O2/c1-5-25(6-2)14-15-26-18-11-8-7-10-17(18)23-22(26)24-21(29)20(16(3)4)27-13-9-12-19(27)28/h7-8,10-11,16,20H,5-6,9,12-15H2,1-4H3,(H,23,24,29). The molecular formula is C22H33N5O2. The number of amides is 2. The highest BCUT2D eigenvalue weighted by molar-refractivity contribution is 5.97. The van der Waals surface area contributed by atoms with Crippen LogP contribution in [0.2, 0.25) is 0 Å². The van der Waals surface area contributed by atoms with Crippen molar-refractivity contribution in [3.05, 3.63) is 24.3 Å². The van der Waals surface area contributed by atoms with Gasteiger partial charge < -0.3 is 14.4 Å². The highest BCUT2D eigenvalue weighted by atomic mass is 16.2. The van der Waals surface area contributed by atoms with Gasteiger partial charge in [0.05, 0.1) is 11.0 Å². The first-order valence-corrected chi connectivity index (χ1v) is 10.7. The predicted molar refractivity (Wildman–Crippen MR) is 116 cm³/mol. The number of hydrogen-bond donors (Lipinski definition) is 1. The van der Waals surface area contributed by atoms with E-state index in [0.29, 0.717) is 18.9 Å². The van der Waals surface area contributed by atoms with Gasteiger partial charge in [-0.1, -0.05) is 39.8 Å². The van der Waals surface area contributed by atoms with Crippen molar-refractivity contribution in [1.29, 1.82) is 0 Å². The molecule has 0 spiro atoms. The molecular weight excluding hydrogens is 366 g/mol. The quantitative estimate of drug-likeness (QED) is 0.704. The number of carbonyl (C=O) groups excluding carboxylic acids is 2. The molecule has 0 bridgehead atoms. The molecule has 1 unspecified atom stereocenters. The molecule has 2 amide bonds. The first kappa shape index (κ1) is 21.3. The van der Waals surface area contributed by atoms with Crippen LogP contribution in [0.25, 0.3) is 11.0 Å². The second-order valence-corrected chi connectivity index (χ2v) is 7.97. The molecule has 1 N–H and O–H groups in total. The predicted octanol–water partition coefficient (Wildman–Crippen LogP) is 2.96. The van der Waals surface area contributed by atoms with Crippen molar-refractivity contribution in [3.8, 4) is 0 Å². The summed E-state index contributed by atoms with van der Waals surface area (Å²) in [7, 11) is 0. The molecule has 1 aromatic heterocycles. The van der Waals surface area contributed by atoms with Gasteiger partial charge in [-0.3, -0.25) is 14.9 Å². The number of anilines is 1. The van der Waals surface area contributed by atoms with Crippen LogP contribution in [0.3, 0.4) is 0 Å². The van der Waals surface area contributed by atoms with Gasteiger partial charge in [-0.25, -0.2) is 4.98 Å². The van der Waals surface area contributed by atoms with Crippen LogP contribution >= 0.6 is 0 Å². The summed E-state index contributed by atoms with van der Waals surface area (Å²) in [6.07, 6.45) is 1.34. The molecule has 1 aliphatic heterocycles. The van der Waals surface area contributed by atoms with E-state index < -0.39 is 6.04 Å². The SMILES string of the molecule is CCN(CC)CCn1c(NC(=O)C(C(C)C)N2CCCC2=O)nc2ccccc21. The normalized spacial score (nSPS) is 15.7. The molecule has 0 saturated carbocycles. The van der Waals surface area contributed by atoms with E-state index in [9.17, 15) is 9.59 Å². The number of nitrogens with zero attached hydrogens (tertiary/aromatic N) is 4. The number of aromatic nitrogens is 2. The number of likely N-dealkylation sites (N-methyl/N-ethyl adjacent to an activating group) is 1. The first-order valence-electron chi connectivity index (χ1n) is 10.7. The number of carbonyl (C=O) groups is 2. The van der Waals surface area contributed by atoms with Crippen molar-refractivity contribution in [2.45, 2.75) is 53.1 Å². The van der Waals surface area contributed by atoms with E-state index in [0.717, 1.165) is 43.6 Å². The third kappa shape index (κ3) is 4.61. The van der Waals surface area contributed by atoms with Crippen LogP contribution < -0.4 is 5.32 Å². The topological polar surface area (TPSA) is 70.5 Å². The van der Waals surface area contributed by atoms with Gasteiger partial charge in [0.1, 0.15) is 6.04 Å². The van der Waals surface area contributed by atoms with Gasteiger partial charge in [-0.05, 0) is 37.6 Å². The maximum atomic E-state index is 13.2. The maximum absolute atomic E-state index is 13.2. The lowest BCUT2D eigenvalue weighted by molar-refractivity contribution is -0.136. The van der Waals surface area contributed by atoms with Gasteiger partial charge in [-0.15, -0.1) is 0 Å². The molecule has 1 aromatic carbocycles. The van der Waals surface area contributed by atoms with Crippen molar-refractivity contribution < 1.29 is 9.59 Å². The summed E-state index contributed by atoms with van der Waals surface area (Å²) in [6, 6.07) is 7.47. The summed E-state index contributed by atoms with van der Waals surface area (Å²) in [5, 5.41) is 3.04. The van der Waals surface area contributed by atoms with Gasteiger partial charge in [0.25, 0.3) is 0 Å². The summed E-state index contributed by atoms with van der Waals surface area (Å²) in [5.41, 5.74) is 1.87. The number of nitrogens with one attached hydrogen (secondary N) is 1. The van der Waals surface area contributed by atoms with Crippen LogP contribution in [0, 0.1) is 5.92 Å². The number of fused-ring (bicyclic) bond motifs is 1. The van der Waals surface area contributed by atoms with E-state index in [1.54, 1.807) is 4.90 Å².